The van der Waals surface area contributed by atoms with Crippen molar-refractivity contribution in [2.24, 2.45) is 16.7 Å². The van der Waals surface area contributed by atoms with Gasteiger partial charge >= 0.3 is 0 Å². The van der Waals surface area contributed by atoms with Crippen LogP contribution >= 0.6 is 0 Å². The van der Waals surface area contributed by atoms with Crippen LogP contribution in [0.4, 0.5) is 0 Å². The highest BCUT2D eigenvalue weighted by Crippen LogP contribution is 2.54. The van der Waals surface area contributed by atoms with Crippen LogP contribution in [0.2, 0.25) is 0 Å². The first-order valence-electron chi connectivity index (χ1n) is 6.00. The summed E-state index contributed by atoms with van der Waals surface area (Å²) in [6.45, 7) is 12.5. The third kappa shape index (κ3) is 1.89. The van der Waals surface area contributed by atoms with Gasteiger partial charge in [0.05, 0.1) is 0 Å². The zero-order valence-electron chi connectivity index (χ0n) is 10.6. The molecule has 0 amide bonds. The number of carbonyl (C=O) groups is 1. The van der Waals surface area contributed by atoms with Gasteiger partial charge in [0, 0.05) is 11.8 Å². The van der Waals surface area contributed by atoms with Gasteiger partial charge in [-0.15, -0.1) is 6.58 Å². The van der Waals surface area contributed by atoms with Gasteiger partial charge in [-0.25, -0.2) is 0 Å². The maximum atomic E-state index is 12.3. The second-order valence-corrected chi connectivity index (χ2v) is 5.80. The predicted octanol–water partition coefficient (Wildman–Crippen LogP) is 3.98. The smallest absolute Gasteiger partial charge is 0.143 e. The minimum absolute atomic E-state index is 0.130. The van der Waals surface area contributed by atoms with E-state index in [0.29, 0.717) is 18.1 Å². The van der Waals surface area contributed by atoms with E-state index in [1.807, 2.05) is 0 Å². The van der Waals surface area contributed by atoms with Gasteiger partial charge in [0.25, 0.3) is 0 Å². The third-order valence-electron chi connectivity index (χ3n) is 4.74. The molecule has 86 valence electrons. The van der Waals surface area contributed by atoms with Gasteiger partial charge in [0.15, 0.2) is 0 Å². The Labute approximate surface area is 93.9 Å². The Morgan fingerprint density at radius 3 is 2.53 bits per heavy atom. The predicted molar refractivity (Wildman–Crippen MR) is 64.7 cm³/mol. The molecule has 1 rings (SSSR count). The lowest BCUT2D eigenvalue weighted by molar-refractivity contribution is -0.142. The van der Waals surface area contributed by atoms with Crippen LogP contribution in [0, 0.1) is 16.7 Å². The number of carbonyl (C=O) groups excluding carboxylic acids is 1. The molecule has 2 unspecified atom stereocenters. The number of hydrogen-bond donors (Lipinski definition) is 0. The summed E-state index contributed by atoms with van der Waals surface area (Å²) in [5.74, 6) is 0.864. The van der Waals surface area contributed by atoms with E-state index >= 15 is 0 Å². The van der Waals surface area contributed by atoms with Gasteiger partial charge in [0.1, 0.15) is 5.78 Å². The lowest BCUT2D eigenvalue weighted by Crippen LogP contribution is -2.49. The molecule has 0 aromatic carbocycles. The highest BCUT2D eigenvalue weighted by Gasteiger charge is 2.51. The van der Waals surface area contributed by atoms with Gasteiger partial charge in [-0.05, 0) is 24.2 Å². The Morgan fingerprint density at radius 2 is 2.07 bits per heavy atom. The summed E-state index contributed by atoms with van der Waals surface area (Å²) in [5, 5.41) is 0. The number of allylic oxidation sites excluding steroid dienone is 1. The van der Waals surface area contributed by atoms with Crippen molar-refractivity contribution in [1.29, 1.82) is 0 Å². The molecule has 2 atom stereocenters. The van der Waals surface area contributed by atoms with Crippen LogP contribution in [0.1, 0.15) is 53.4 Å². The molecular formula is C14H24O. The fourth-order valence-corrected chi connectivity index (χ4v) is 3.06. The summed E-state index contributed by atoms with van der Waals surface area (Å²) in [5.41, 5.74) is -0.0375. The molecule has 1 heteroatoms. The van der Waals surface area contributed by atoms with Crippen LogP contribution in [0.5, 0.6) is 0 Å². The summed E-state index contributed by atoms with van der Waals surface area (Å²) >= 11 is 0. The molecule has 1 fully saturated rings. The summed E-state index contributed by atoms with van der Waals surface area (Å²) in [6, 6.07) is 0. The van der Waals surface area contributed by atoms with E-state index in [1.54, 1.807) is 6.08 Å². The van der Waals surface area contributed by atoms with Crippen molar-refractivity contribution < 1.29 is 4.79 Å². The van der Waals surface area contributed by atoms with Crippen molar-refractivity contribution in [3.8, 4) is 0 Å². The average molecular weight is 208 g/mol. The first-order chi connectivity index (χ1) is 6.86. The van der Waals surface area contributed by atoms with Gasteiger partial charge in [-0.2, -0.15) is 0 Å². The summed E-state index contributed by atoms with van der Waals surface area (Å²) in [7, 11) is 0. The highest BCUT2D eigenvalue weighted by atomic mass is 16.1. The molecule has 0 N–H and O–H groups in total. The van der Waals surface area contributed by atoms with Crippen LogP contribution < -0.4 is 0 Å². The number of rotatable bonds is 3. The first-order valence-corrected chi connectivity index (χ1v) is 6.00. The molecule has 1 aliphatic carbocycles. The molecule has 0 aromatic rings. The zero-order chi connectivity index (χ0) is 11.7. The molecule has 1 saturated carbocycles. The lowest BCUT2D eigenvalue weighted by Gasteiger charge is -2.51. The summed E-state index contributed by atoms with van der Waals surface area (Å²) < 4.78 is 0. The molecule has 15 heavy (non-hydrogen) atoms. The Morgan fingerprint density at radius 1 is 1.47 bits per heavy atom. The second-order valence-electron chi connectivity index (χ2n) is 5.80. The highest BCUT2D eigenvalue weighted by molar-refractivity contribution is 5.86. The van der Waals surface area contributed by atoms with Crippen molar-refractivity contribution in [1.82, 2.24) is 0 Å². The topological polar surface area (TPSA) is 17.1 Å². The number of ketones is 1. The first kappa shape index (κ1) is 12.5. The van der Waals surface area contributed by atoms with E-state index in [4.69, 9.17) is 0 Å². The Bertz CT molecular complexity index is 265. The Kier molecular flexibility index (Phi) is 3.42. The minimum atomic E-state index is -0.167. The maximum absolute atomic E-state index is 12.3. The average Bonchev–Trinajstić information content (AvgIpc) is 2.14. The number of hydrogen-bond acceptors (Lipinski definition) is 1. The van der Waals surface area contributed by atoms with Crippen molar-refractivity contribution in [3.63, 3.8) is 0 Å². The fourth-order valence-electron chi connectivity index (χ4n) is 3.06. The van der Waals surface area contributed by atoms with E-state index in [2.05, 4.69) is 34.3 Å². The third-order valence-corrected chi connectivity index (χ3v) is 4.74. The molecule has 0 spiro atoms. The Hall–Kier alpha value is -0.590. The minimum Gasteiger partial charge on any atom is -0.299 e. The van der Waals surface area contributed by atoms with Gasteiger partial charge < -0.3 is 0 Å². The van der Waals surface area contributed by atoms with Crippen LogP contribution in [-0.4, -0.2) is 5.78 Å². The van der Waals surface area contributed by atoms with Crippen molar-refractivity contribution >= 4 is 5.78 Å². The largest absolute Gasteiger partial charge is 0.299 e. The second kappa shape index (κ2) is 4.11. The molecule has 0 aliphatic heterocycles. The molecule has 1 nitrogen and oxygen atoms in total. The van der Waals surface area contributed by atoms with E-state index in [0.717, 1.165) is 6.42 Å². The van der Waals surface area contributed by atoms with Gasteiger partial charge in [-0.3, -0.25) is 4.79 Å². The summed E-state index contributed by atoms with van der Waals surface area (Å²) in [6.07, 6.45) is 5.86. The molecule has 1 aliphatic rings. The Balaban J connectivity index is 3.03. The number of Topliss-reactive ketones (excluding diaryl/α,β-unsaturated/α-hetero) is 1. The van der Waals surface area contributed by atoms with Crippen LogP contribution in [-0.2, 0) is 4.79 Å². The molecule has 0 bridgehead atoms. The van der Waals surface area contributed by atoms with Crippen LogP contribution in [0.3, 0.4) is 0 Å². The van der Waals surface area contributed by atoms with Crippen molar-refractivity contribution in [2.45, 2.75) is 53.4 Å². The molecule has 0 aromatic heterocycles. The van der Waals surface area contributed by atoms with E-state index in [1.165, 1.54) is 12.8 Å². The SMILES string of the molecule is C=CCC(=O)C1(C)C(C)CCCC1(C)C. The standard InChI is InChI=1S/C14H24O/c1-6-8-12(15)14(5)11(2)9-7-10-13(14,3)4/h6,11H,1,7-10H2,2-5H3. The molecular weight excluding hydrogens is 184 g/mol. The van der Waals surface area contributed by atoms with E-state index < -0.39 is 0 Å². The normalized spacial score (nSPS) is 34.8. The van der Waals surface area contributed by atoms with Crippen molar-refractivity contribution in [2.75, 3.05) is 0 Å². The molecule has 0 saturated heterocycles. The van der Waals surface area contributed by atoms with Crippen LogP contribution in [0.15, 0.2) is 12.7 Å². The fraction of sp³-hybridized carbons (Fsp3) is 0.786. The summed E-state index contributed by atoms with van der Waals surface area (Å²) in [4.78, 5) is 12.3. The molecule has 0 heterocycles. The van der Waals surface area contributed by atoms with E-state index in [-0.39, 0.29) is 10.8 Å². The van der Waals surface area contributed by atoms with Crippen LogP contribution in [0.25, 0.3) is 0 Å². The molecule has 0 radical (unpaired) electrons. The van der Waals surface area contributed by atoms with Crippen molar-refractivity contribution in [3.05, 3.63) is 12.7 Å². The monoisotopic (exact) mass is 208 g/mol. The van der Waals surface area contributed by atoms with Gasteiger partial charge in [-0.1, -0.05) is 40.2 Å². The maximum Gasteiger partial charge on any atom is 0.143 e. The lowest BCUT2D eigenvalue weighted by atomic mass is 9.52. The quantitative estimate of drug-likeness (QED) is 0.641. The van der Waals surface area contributed by atoms with Gasteiger partial charge in [0.2, 0.25) is 0 Å². The zero-order valence-corrected chi connectivity index (χ0v) is 10.6. The van der Waals surface area contributed by atoms with E-state index in [9.17, 15) is 4.79 Å².